The van der Waals surface area contributed by atoms with Crippen molar-refractivity contribution in [2.45, 2.75) is 18.3 Å². The van der Waals surface area contributed by atoms with Crippen LogP contribution in [0.25, 0.3) is 0 Å². The molecule has 0 aromatic carbocycles. The molecule has 0 amide bonds. The molecule has 2 aliphatic rings. The van der Waals surface area contributed by atoms with Crippen LogP contribution in [0.3, 0.4) is 0 Å². The summed E-state index contributed by atoms with van der Waals surface area (Å²) in [6.45, 7) is 1.01. The van der Waals surface area contributed by atoms with Gasteiger partial charge in [-0.3, -0.25) is 4.90 Å². The fourth-order valence-corrected chi connectivity index (χ4v) is 2.15. The van der Waals surface area contributed by atoms with E-state index in [0.717, 1.165) is 4.90 Å². The van der Waals surface area contributed by atoms with Crippen LogP contribution in [0.5, 0.6) is 0 Å². The van der Waals surface area contributed by atoms with Crippen LogP contribution in [0, 0.1) is 0 Å². The van der Waals surface area contributed by atoms with Gasteiger partial charge in [0, 0.05) is 26.2 Å². The summed E-state index contributed by atoms with van der Waals surface area (Å²) in [5.41, 5.74) is 0. The maximum absolute atomic E-state index is 14.2. The molecule has 2 fully saturated rings. The average molecular weight is 272 g/mol. The number of likely N-dealkylation sites (N-methyl/N-ethyl adjacent to an activating group) is 1. The lowest BCUT2D eigenvalue weighted by molar-refractivity contribution is -0.380. The largest absolute Gasteiger partial charge is 0.448 e. The molecular weight excluding hydrogens is 256 g/mol. The van der Waals surface area contributed by atoms with E-state index in [-0.39, 0.29) is 26.3 Å². The Bertz CT molecular complexity index is 286. The lowest BCUT2D eigenvalue weighted by atomic mass is 10.2. The number of rotatable bonds is 2. The summed E-state index contributed by atoms with van der Waals surface area (Å²) in [5.74, 6) is -3.12. The molecule has 0 bridgehead atoms. The maximum Gasteiger partial charge on any atom is 0.448 e. The Labute approximate surface area is 102 Å². The Morgan fingerprint density at radius 3 is 2.00 bits per heavy atom. The van der Waals surface area contributed by atoms with E-state index >= 15 is 0 Å². The first kappa shape index (κ1) is 14.0. The predicted octanol–water partition coefficient (Wildman–Crippen LogP) is 0.835. The summed E-state index contributed by atoms with van der Waals surface area (Å²) < 4.78 is 62.3. The van der Waals surface area contributed by atoms with E-state index in [1.54, 1.807) is 0 Å². The lowest BCUT2D eigenvalue weighted by Crippen LogP contribution is -2.62. The van der Waals surface area contributed by atoms with Crippen LogP contribution < -0.4 is 0 Å². The third-order valence-corrected chi connectivity index (χ3v) is 3.28. The molecule has 0 aromatic heterocycles. The zero-order valence-corrected chi connectivity index (χ0v) is 10.0. The molecule has 1 atom stereocenters. The Morgan fingerprint density at radius 2 is 1.56 bits per heavy atom. The first-order valence-electron chi connectivity index (χ1n) is 5.78. The van der Waals surface area contributed by atoms with E-state index in [2.05, 4.69) is 9.47 Å². The number of hydrogen-bond acceptors (Lipinski definition) is 4. The number of alkyl halides is 4. The number of ether oxygens (including phenoxy) is 2. The van der Waals surface area contributed by atoms with Crippen molar-refractivity contribution in [2.75, 3.05) is 46.4 Å². The molecule has 2 aliphatic heterocycles. The SMILES string of the molecule is CN1CCN(C(F)C2(C(F)(F)F)OCCO2)CC1. The number of halogens is 4. The second kappa shape index (κ2) is 4.92. The van der Waals surface area contributed by atoms with Gasteiger partial charge in [0.05, 0.1) is 13.2 Å². The van der Waals surface area contributed by atoms with Gasteiger partial charge in [-0.1, -0.05) is 0 Å². The van der Waals surface area contributed by atoms with Gasteiger partial charge in [0.1, 0.15) is 0 Å². The first-order chi connectivity index (χ1) is 8.37. The smallest absolute Gasteiger partial charge is 0.337 e. The van der Waals surface area contributed by atoms with Crippen LogP contribution in [0.1, 0.15) is 0 Å². The van der Waals surface area contributed by atoms with Gasteiger partial charge in [-0.15, -0.1) is 0 Å². The van der Waals surface area contributed by atoms with Crippen LogP contribution in [0.4, 0.5) is 17.6 Å². The number of hydrogen-bond donors (Lipinski definition) is 0. The molecule has 2 rings (SSSR count). The van der Waals surface area contributed by atoms with Crippen LogP contribution in [-0.2, 0) is 9.47 Å². The van der Waals surface area contributed by atoms with Gasteiger partial charge in [-0.05, 0) is 7.05 Å². The molecule has 1 unspecified atom stereocenters. The molecule has 0 radical (unpaired) electrons. The Kier molecular flexibility index (Phi) is 3.82. The molecule has 4 nitrogen and oxygen atoms in total. The summed E-state index contributed by atoms with van der Waals surface area (Å²) in [5, 5.41) is 0. The number of piperazine rings is 1. The third-order valence-electron chi connectivity index (χ3n) is 3.28. The highest BCUT2D eigenvalue weighted by molar-refractivity contribution is 4.91. The molecule has 8 heteroatoms. The quantitative estimate of drug-likeness (QED) is 0.549. The topological polar surface area (TPSA) is 24.9 Å². The molecule has 0 spiro atoms. The molecule has 106 valence electrons. The van der Waals surface area contributed by atoms with Crippen LogP contribution in [0.2, 0.25) is 0 Å². The zero-order valence-electron chi connectivity index (χ0n) is 10.0. The average Bonchev–Trinajstić information content (AvgIpc) is 2.78. The lowest BCUT2D eigenvalue weighted by Gasteiger charge is -2.41. The predicted molar refractivity (Wildman–Crippen MR) is 54.7 cm³/mol. The van der Waals surface area contributed by atoms with E-state index in [0.29, 0.717) is 13.1 Å². The molecule has 0 N–H and O–H groups in total. The molecule has 0 aromatic rings. The molecule has 2 saturated heterocycles. The second-order valence-electron chi connectivity index (χ2n) is 4.54. The van der Waals surface area contributed by atoms with Crippen molar-refractivity contribution in [3.8, 4) is 0 Å². The van der Waals surface area contributed by atoms with Gasteiger partial charge in [-0.2, -0.15) is 13.2 Å². The normalized spacial score (nSPS) is 28.5. The summed E-state index contributed by atoms with van der Waals surface area (Å²) in [6, 6.07) is 0. The fraction of sp³-hybridized carbons (Fsp3) is 1.00. The van der Waals surface area contributed by atoms with Crippen LogP contribution in [-0.4, -0.2) is 74.5 Å². The van der Waals surface area contributed by atoms with Gasteiger partial charge in [0.2, 0.25) is 6.30 Å². The first-order valence-corrected chi connectivity index (χ1v) is 5.78. The second-order valence-corrected chi connectivity index (χ2v) is 4.54. The molecule has 2 heterocycles. The van der Waals surface area contributed by atoms with Crippen molar-refractivity contribution in [3.63, 3.8) is 0 Å². The minimum atomic E-state index is -4.88. The van der Waals surface area contributed by atoms with Crippen LogP contribution >= 0.6 is 0 Å². The molecule has 18 heavy (non-hydrogen) atoms. The van der Waals surface area contributed by atoms with Gasteiger partial charge in [-0.25, -0.2) is 4.39 Å². The van der Waals surface area contributed by atoms with E-state index in [1.165, 1.54) is 0 Å². The minimum Gasteiger partial charge on any atom is -0.337 e. The highest BCUT2D eigenvalue weighted by atomic mass is 19.4. The summed E-state index contributed by atoms with van der Waals surface area (Å²) in [6.07, 6.45) is -7.21. The van der Waals surface area contributed by atoms with Gasteiger partial charge >= 0.3 is 12.0 Å². The van der Waals surface area contributed by atoms with Crippen molar-refractivity contribution in [1.29, 1.82) is 0 Å². The van der Waals surface area contributed by atoms with Gasteiger partial charge in [0.15, 0.2) is 0 Å². The van der Waals surface area contributed by atoms with E-state index in [4.69, 9.17) is 0 Å². The molecule has 0 aliphatic carbocycles. The van der Waals surface area contributed by atoms with E-state index in [1.807, 2.05) is 11.9 Å². The number of nitrogens with zero attached hydrogens (tertiary/aromatic N) is 2. The Hall–Kier alpha value is -0.440. The fourth-order valence-electron chi connectivity index (χ4n) is 2.15. The van der Waals surface area contributed by atoms with Crippen molar-refractivity contribution >= 4 is 0 Å². The molecular formula is C10H16F4N2O2. The van der Waals surface area contributed by atoms with Crippen LogP contribution in [0.15, 0.2) is 0 Å². The Morgan fingerprint density at radius 1 is 1.06 bits per heavy atom. The van der Waals surface area contributed by atoms with E-state index < -0.39 is 18.3 Å². The summed E-state index contributed by atoms with van der Waals surface area (Å²) in [7, 11) is 1.84. The highest BCUT2D eigenvalue weighted by Gasteiger charge is 2.67. The third kappa shape index (κ3) is 2.34. The van der Waals surface area contributed by atoms with Crippen molar-refractivity contribution in [2.24, 2.45) is 0 Å². The minimum absolute atomic E-state index is 0.224. The van der Waals surface area contributed by atoms with Crippen molar-refractivity contribution in [3.05, 3.63) is 0 Å². The molecule has 0 saturated carbocycles. The highest BCUT2D eigenvalue weighted by Crippen LogP contribution is 2.42. The van der Waals surface area contributed by atoms with Gasteiger partial charge in [0.25, 0.3) is 0 Å². The van der Waals surface area contributed by atoms with Crippen molar-refractivity contribution < 1.29 is 27.0 Å². The van der Waals surface area contributed by atoms with E-state index in [9.17, 15) is 17.6 Å². The standard InChI is InChI=1S/C10H16F4N2O2/c1-15-2-4-16(5-3-15)8(11)9(10(12,13)14)17-6-7-18-9/h8H,2-7H2,1H3. The van der Waals surface area contributed by atoms with Gasteiger partial charge < -0.3 is 14.4 Å². The zero-order chi connectivity index (χ0) is 13.4. The maximum atomic E-state index is 14.2. The van der Waals surface area contributed by atoms with Crippen molar-refractivity contribution in [1.82, 2.24) is 9.80 Å². The summed E-state index contributed by atoms with van der Waals surface area (Å²) >= 11 is 0. The Balaban J connectivity index is 2.12. The summed E-state index contributed by atoms with van der Waals surface area (Å²) in [4.78, 5) is 3.05. The monoisotopic (exact) mass is 272 g/mol.